The Kier molecular flexibility index (Phi) is 7.40. The number of imide groups is 1. The number of fused-ring (bicyclic) bond motifs is 3. The average Bonchev–Trinajstić information content (AvgIpc) is 3.26. The molecule has 1 aliphatic heterocycles. The van der Waals surface area contributed by atoms with Gasteiger partial charge in [0.2, 0.25) is 11.8 Å². The van der Waals surface area contributed by atoms with Crippen LogP contribution in [-0.2, 0) is 31.5 Å². The van der Waals surface area contributed by atoms with E-state index in [0.29, 0.717) is 22.6 Å². The van der Waals surface area contributed by atoms with Gasteiger partial charge < -0.3 is 14.6 Å². The van der Waals surface area contributed by atoms with Gasteiger partial charge in [0, 0.05) is 40.3 Å². The summed E-state index contributed by atoms with van der Waals surface area (Å²) in [4.78, 5) is 55.2. The van der Waals surface area contributed by atoms with E-state index in [9.17, 15) is 50.6 Å². The summed E-state index contributed by atoms with van der Waals surface area (Å²) in [5.41, 5.74) is -3.32. The van der Waals surface area contributed by atoms with Gasteiger partial charge in [0.15, 0.2) is 11.6 Å². The molecule has 246 valence electrons. The number of allylic oxidation sites excluding steroid dienone is 6. The molecule has 14 heteroatoms. The van der Waals surface area contributed by atoms with E-state index in [2.05, 4.69) is 0 Å². The van der Waals surface area contributed by atoms with Gasteiger partial charge in [-0.25, -0.2) is 4.90 Å². The van der Waals surface area contributed by atoms with Crippen molar-refractivity contribution >= 4 is 29.1 Å². The third kappa shape index (κ3) is 5.01. The number of amides is 2. The third-order valence-electron chi connectivity index (χ3n) is 9.21. The molecule has 2 aromatic rings. The highest BCUT2D eigenvalue weighted by Gasteiger charge is 2.57. The molecule has 0 bridgehead atoms. The third-order valence-corrected chi connectivity index (χ3v) is 9.21. The van der Waals surface area contributed by atoms with Crippen LogP contribution in [0.1, 0.15) is 42.4 Å². The number of Topliss-reactive ketones (excluding diaryl/α,β-unsaturated/α-hetero) is 1. The van der Waals surface area contributed by atoms with E-state index < -0.39 is 76.2 Å². The molecule has 8 nitrogen and oxygen atoms in total. The Bertz CT molecular complexity index is 1810. The average molecular weight is 662 g/mol. The van der Waals surface area contributed by atoms with Crippen LogP contribution < -0.4 is 14.4 Å². The van der Waals surface area contributed by atoms with E-state index in [4.69, 9.17) is 9.47 Å². The molecule has 47 heavy (non-hydrogen) atoms. The van der Waals surface area contributed by atoms with Crippen LogP contribution in [0.25, 0.3) is 0 Å². The molecule has 0 saturated carbocycles. The number of nitrogens with zero attached hydrogens (tertiary/aromatic N) is 1. The lowest BCUT2D eigenvalue weighted by Crippen LogP contribution is -2.40. The maximum absolute atomic E-state index is 14.1. The number of phenolic OH excluding ortho intramolecular Hbond substituents is 1. The number of carbonyl (C=O) groups is 4. The zero-order valence-corrected chi connectivity index (χ0v) is 24.9. The summed E-state index contributed by atoms with van der Waals surface area (Å²) < 4.78 is 93.1. The fraction of sp³-hybridized carbons (Fsp3) is 0.333. The number of methoxy groups -OCH3 is 2. The zero-order chi connectivity index (χ0) is 34.3. The lowest BCUT2D eigenvalue weighted by molar-refractivity contribution is -0.143. The minimum atomic E-state index is -5.22. The predicted octanol–water partition coefficient (Wildman–Crippen LogP) is 6.08. The second-order valence-corrected chi connectivity index (χ2v) is 11.8. The molecular weight excluding hydrogens is 636 g/mol. The molecule has 0 radical (unpaired) electrons. The molecule has 2 aromatic carbocycles. The largest absolute Gasteiger partial charge is 0.508 e. The van der Waals surface area contributed by atoms with Gasteiger partial charge in [-0.15, -0.1) is 0 Å². The number of benzene rings is 2. The molecule has 1 N–H and O–H groups in total. The smallest absolute Gasteiger partial charge is 0.416 e. The Hall–Kier alpha value is -4.88. The van der Waals surface area contributed by atoms with Crippen LogP contribution >= 0.6 is 0 Å². The van der Waals surface area contributed by atoms with Crippen molar-refractivity contribution in [3.05, 3.63) is 81.5 Å². The van der Waals surface area contributed by atoms with Crippen molar-refractivity contribution in [3.63, 3.8) is 0 Å². The lowest BCUT2D eigenvalue weighted by Gasteiger charge is -2.42. The van der Waals surface area contributed by atoms with Crippen LogP contribution in [0.2, 0.25) is 0 Å². The van der Waals surface area contributed by atoms with E-state index in [0.717, 1.165) is 6.08 Å². The highest BCUT2D eigenvalue weighted by Crippen LogP contribution is 2.58. The van der Waals surface area contributed by atoms with Crippen LogP contribution in [0.15, 0.2) is 64.8 Å². The first-order valence-electron chi connectivity index (χ1n) is 14.3. The summed E-state index contributed by atoms with van der Waals surface area (Å²) in [6.45, 7) is 1.46. The number of alkyl halides is 6. The van der Waals surface area contributed by atoms with E-state index >= 15 is 0 Å². The van der Waals surface area contributed by atoms with Crippen molar-refractivity contribution in [3.8, 4) is 17.2 Å². The van der Waals surface area contributed by atoms with Crippen molar-refractivity contribution in [2.75, 3.05) is 19.1 Å². The first kappa shape index (κ1) is 32.1. The number of rotatable bonds is 4. The van der Waals surface area contributed by atoms with Gasteiger partial charge in [-0.2, -0.15) is 26.3 Å². The topological polar surface area (TPSA) is 110 Å². The van der Waals surface area contributed by atoms with Gasteiger partial charge in [0.25, 0.3) is 0 Å². The molecule has 4 aliphatic rings. The fourth-order valence-electron chi connectivity index (χ4n) is 7.22. The SMILES string of the molecule is COc1cc(O)cc(OC)c1C1C2=CCC3C(=O)N(c4cc(C(F)(F)F)cc(C(F)(F)F)c4)C(=O)C3C2CC2=C1C(=O)C(C)=CC2=O. The van der Waals surface area contributed by atoms with E-state index in [1.54, 1.807) is 6.08 Å². The summed E-state index contributed by atoms with van der Waals surface area (Å²) in [6, 6.07) is 3.09. The summed E-state index contributed by atoms with van der Waals surface area (Å²) >= 11 is 0. The van der Waals surface area contributed by atoms with Crippen LogP contribution in [0.3, 0.4) is 0 Å². The monoisotopic (exact) mass is 661 g/mol. The molecule has 4 unspecified atom stereocenters. The van der Waals surface area contributed by atoms with Gasteiger partial charge in [0.05, 0.1) is 42.9 Å². The Labute approximate surface area is 262 Å². The minimum absolute atomic E-state index is 0.0442. The number of aromatic hydroxyl groups is 1. The van der Waals surface area contributed by atoms with Gasteiger partial charge in [-0.1, -0.05) is 11.6 Å². The molecule has 4 atom stereocenters. The number of anilines is 1. The normalized spacial score (nSPS) is 24.5. The van der Waals surface area contributed by atoms with Crippen molar-refractivity contribution in [1.29, 1.82) is 0 Å². The van der Waals surface area contributed by atoms with Gasteiger partial charge in [0.1, 0.15) is 17.2 Å². The number of hydrogen-bond donors (Lipinski definition) is 1. The number of carbonyl (C=O) groups excluding carboxylic acids is 4. The summed E-state index contributed by atoms with van der Waals surface area (Å²) in [7, 11) is 2.61. The van der Waals surface area contributed by atoms with Crippen molar-refractivity contribution in [2.24, 2.45) is 17.8 Å². The van der Waals surface area contributed by atoms with Gasteiger partial charge >= 0.3 is 12.4 Å². The number of hydrogen-bond acceptors (Lipinski definition) is 7. The predicted molar refractivity (Wildman–Crippen MR) is 151 cm³/mol. The summed E-state index contributed by atoms with van der Waals surface area (Å²) in [6.07, 6.45) is -8.01. The van der Waals surface area contributed by atoms with E-state index in [1.165, 1.54) is 33.3 Å². The molecule has 1 saturated heterocycles. The second kappa shape index (κ2) is 10.8. The first-order valence-corrected chi connectivity index (χ1v) is 14.3. The molecule has 6 rings (SSSR count). The summed E-state index contributed by atoms with van der Waals surface area (Å²) in [5.74, 6) is -7.58. The molecule has 1 heterocycles. The highest BCUT2D eigenvalue weighted by atomic mass is 19.4. The quantitative estimate of drug-likeness (QED) is 0.183. The standard InChI is InChI=1S/C33H25F6NO7/c1-13-6-22(42)21-12-20-18(26(27(21)29(13)43)28-23(46-2)10-17(41)11-24(28)47-3)4-5-19-25(20)31(45)40(30(19)44)16-8-14(32(34,35)36)7-15(9-16)33(37,38)39/h4,6-11,19-20,25-26,41H,5,12H2,1-3H3. The van der Waals surface area contributed by atoms with Gasteiger partial charge in [-0.05, 0) is 50.0 Å². The van der Waals surface area contributed by atoms with Gasteiger partial charge in [-0.3, -0.25) is 19.2 Å². The highest BCUT2D eigenvalue weighted by molar-refractivity contribution is 6.25. The number of ketones is 2. The Balaban J connectivity index is 1.52. The summed E-state index contributed by atoms with van der Waals surface area (Å²) in [5, 5.41) is 10.3. The molecule has 2 amide bonds. The van der Waals surface area contributed by atoms with Crippen LogP contribution in [0, 0.1) is 17.8 Å². The zero-order valence-electron chi connectivity index (χ0n) is 24.9. The Morgan fingerprint density at radius 2 is 1.40 bits per heavy atom. The molecule has 0 spiro atoms. The van der Waals surface area contributed by atoms with Crippen LogP contribution in [0.4, 0.5) is 32.0 Å². The van der Waals surface area contributed by atoms with Crippen LogP contribution in [0.5, 0.6) is 17.2 Å². The molecule has 3 aliphatic carbocycles. The van der Waals surface area contributed by atoms with E-state index in [-0.39, 0.29) is 58.4 Å². The van der Waals surface area contributed by atoms with E-state index in [1.807, 2.05) is 0 Å². The number of phenols is 1. The molecule has 1 fully saturated rings. The van der Waals surface area contributed by atoms with Crippen LogP contribution in [-0.4, -0.2) is 42.7 Å². The maximum atomic E-state index is 14.1. The van der Waals surface area contributed by atoms with Crippen molar-refractivity contribution in [1.82, 2.24) is 0 Å². The Morgan fingerprint density at radius 3 is 1.94 bits per heavy atom. The molecular formula is C33H25F6NO7. The lowest BCUT2D eigenvalue weighted by atomic mass is 9.59. The first-order chi connectivity index (χ1) is 22.0. The van der Waals surface area contributed by atoms with Crippen molar-refractivity contribution < 1.29 is 60.1 Å². The molecule has 0 aromatic heterocycles. The Morgan fingerprint density at radius 1 is 0.830 bits per heavy atom. The fourth-order valence-corrected chi connectivity index (χ4v) is 7.22. The number of ether oxygens (including phenoxy) is 2. The maximum Gasteiger partial charge on any atom is 0.416 e. The second-order valence-electron chi connectivity index (χ2n) is 11.8. The minimum Gasteiger partial charge on any atom is -0.508 e. The number of halogens is 6. The van der Waals surface area contributed by atoms with Crippen molar-refractivity contribution in [2.45, 2.75) is 38.0 Å².